The number of halogens is 1. The summed E-state index contributed by atoms with van der Waals surface area (Å²) in [5.41, 5.74) is 2.94. The second-order valence-electron chi connectivity index (χ2n) is 4.20. The Labute approximate surface area is 116 Å². The number of ether oxygens (including phenoxy) is 1. The predicted octanol–water partition coefficient (Wildman–Crippen LogP) is 2.94. The van der Waals surface area contributed by atoms with Crippen LogP contribution in [0.2, 0.25) is 5.02 Å². The summed E-state index contributed by atoms with van der Waals surface area (Å²) in [6.07, 6.45) is 2.44. The van der Waals surface area contributed by atoms with Crippen LogP contribution in [0.1, 0.15) is 12.8 Å². The van der Waals surface area contributed by atoms with Crippen LogP contribution in [-0.4, -0.2) is 12.3 Å². The Kier molecular flexibility index (Phi) is 4.22. The monoisotopic (exact) mass is 274 g/mol. The van der Waals surface area contributed by atoms with Crippen molar-refractivity contribution in [3.05, 3.63) is 23.2 Å². The number of nitriles is 2. The average Bonchev–Trinajstić information content (AvgIpc) is 3.23. The van der Waals surface area contributed by atoms with E-state index in [1.54, 1.807) is 30.3 Å². The summed E-state index contributed by atoms with van der Waals surface area (Å²) in [5, 5.41) is 21.2. The molecule has 1 saturated carbocycles. The van der Waals surface area contributed by atoms with E-state index in [1.165, 1.54) is 12.8 Å². The molecule has 19 heavy (non-hydrogen) atoms. The highest BCUT2D eigenvalue weighted by atomic mass is 35.5. The van der Waals surface area contributed by atoms with Gasteiger partial charge >= 0.3 is 0 Å². The van der Waals surface area contributed by atoms with Gasteiger partial charge in [0.05, 0.1) is 17.3 Å². The Bertz CT molecular complexity index is 565. The second kappa shape index (κ2) is 6.08. The van der Waals surface area contributed by atoms with E-state index < -0.39 is 0 Å². The Morgan fingerprint density at radius 1 is 1.42 bits per heavy atom. The van der Waals surface area contributed by atoms with E-state index >= 15 is 0 Å². The minimum atomic E-state index is -0.245. The minimum Gasteiger partial charge on any atom is -0.492 e. The van der Waals surface area contributed by atoms with Gasteiger partial charge in [-0.2, -0.15) is 15.6 Å². The highest BCUT2D eigenvalue weighted by molar-refractivity contribution is 6.32. The standard InChI is InChI=1S/C13H11ClN4O/c14-12-5-10(17-18-11(6-15)7-16)3-4-13(12)19-8-9-1-2-9/h3-5,9,17H,1-2,8H2. The first-order valence-electron chi connectivity index (χ1n) is 5.79. The van der Waals surface area contributed by atoms with E-state index in [2.05, 4.69) is 10.5 Å². The molecule has 1 aliphatic rings. The van der Waals surface area contributed by atoms with Crippen LogP contribution >= 0.6 is 11.6 Å². The van der Waals surface area contributed by atoms with Gasteiger partial charge in [0, 0.05) is 0 Å². The first kappa shape index (κ1) is 13.2. The van der Waals surface area contributed by atoms with Crippen molar-refractivity contribution in [3.63, 3.8) is 0 Å². The molecular formula is C13H11ClN4O. The molecule has 0 amide bonds. The first-order chi connectivity index (χ1) is 9.22. The first-order valence-corrected chi connectivity index (χ1v) is 6.17. The molecule has 0 unspecified atom stereocenters. The van der Waals surface area contributed by atoms with Crippen LogP contribution in [-0.2, 0) is 0 Å². The van der Waals surface area contributed by atoms with Crippen molar-refractivity contribution in [1.82, 2.24) is 0 Å². The quantitative estimate of drug-likeness (QED) is 0.661. The van der Waals surface area contributed by atoms with Gasteiger partial charge in [-0.15, -0.1) is 0 Å². The third-order valence-corrected chi connectivity index (χ3v) is 2.91. The Hall–Kier alpha value is -2.24. The van der Waals surface area contributed by atoms with Crippen LogP contribution in [0.5, 0.6) is 5.75 Å². The molecule has 96 valence electrons. The van der Waals surface area contributed by atoms with E-state index in [9.17, 15) is 0 Å². The molecule has 6 heteroatoms. The fourth-order valence-corrected chi connectivity index (χ4v) is 1.61. The molecule has 0 radical (unpaired) electrons. The molecule has 0 heterocycles. The summed E-state index contributed by atoms with van der Waals surface area (Å²) in [7, 11) is 0. The van der Waals surface area contributed by atoms with Gasteiger partial charge in [-0.05, 0) is 37.0 Å². The van der Waals surface area contributed by atoms with E-state index in [-0.39, 0.29) is 5.71 Å². The lowest BCUT2D eigenvalue weighted by Crippen LogP contribution is -2.00. The van der Waals surface area contributed by atoms with Crippen molar-refractivity contribution >= 4 is 23.0 Å². The van der Waals surface area contributed by atoms with Crippen molar-refractivity contribution < 1.29 is 4.74 Å². The number of hydrazone groups is 1. The third kappa shape index (κ3) is 3.87. The van der Waals surface area contributed by atoms with E-state index in [0.29, 0.717) is 29.0 Å². The molecular weight excluding hydrogens is 264 g/mol. The summed E-state index contributed by atoms with van der Waals surface area (Å²) in [6, 6.07) is 8.41. The van der Waals surface area contributed by atoms with Gasteiger partial charge in [0.2, 0.25) is 5.71 Å². The van der Waals surface area contributed by atoms with E-state index in [1.807, 2.05) is 0 Å². The van der Waals surface area contributed by atoms with Crippen LogP contribution in [0.3, 0.4) is 0 Å². The molecule has 2 rings (SSSR count). The number of nitrogens with one attached hydrogen (secondary N) is 1. The summed E-state index contributed by atoms with van der Waals surface area (Å²) < 4.78 is 5.58. The number of hydrogen-bond donors (Lipinski definition) is 1. The van der Waals surface area contributed by atoms with Gasteiger partial charge in [0.25, 0.3) is 0 Å². The zero-order valence-corrected chi connectivity index (χ0v) is 10.8. The predicted molar refractivity (Wildman–Crippen MR) is 72.0 cm³/mol. The lowest BCUT2D eigenvalue weighted by Gasteiger charge is -2.08. The molecule has 1 aromatic carbocycles. The largest absolute Gasteiger partial charge is 0.492 e. The summed E-state index contributed by atoms with van der Waals surface area (Å²) in [5.74, 6) is 1.29. The molecule has 0 bridgehead atoms. The Morgan fingerprint density at radius 2 is 2.16 bits per heavy atom. The number of hydrogen-bond acceptors (Lipinski definition) is 5. The Balaban J connectivity index is 2.00. The maximum Gasteiger partial charge on any atom is 0.237 e. The van der Waals surface area contributed by atoms with Gasteiger partial charge in [0.1, 0.15) is 17.9 Å². The minimum absolute atomic E-state index is 0.245. The zero-order chi connectivity index (χ0) is 13.7. The van der Waals surface area contributed by atoms with Crippen LogP contribution in [0.25, 0.3) is 0 Å². The molecule has 1 fully saturated rings. The molecule has 0 atom stereocenters. The fraction of sp³-hybridized carbons (Fsp3) is 0.308. The maximum atomic E-state index is 8.54. The van der Waals surface area contributed by atoms with Crippen LogP contribution in [0, 0.1) is 28.6 Å². The van der Waals surface area contributed by atoms with E-state index in [0.717, 1.165) is 0 Å². The number of benzene rings is 1. The molecule has 0 aromatic heterocycles. The third-order valence-electron chi connectivity index (χ3n) is 2.61. The normalized spacial score (nSPS) is 13.0. The molecule has 1 aromatic rings. The second-order valence-corrected chi connectivity index (χ2v) is 4.60. The zero-order valence-electron chi connectivity index (χ0n) is 10.1. The van der Waals surface area contributed by atoms with Gasteiger partial charge in [0.15, 0.2) is 0 Å². The molecule has 5 nitrogen and oxygen atoms in total. The lowest BCUT2D eigenvalue weighted by atomic mass is 10.3. The van der Waals surface area contributed by atoms with Crippen LogP contribution in [0.15, 0.2) is 23.3 Å². The summed E-state index contributed by atoms with van der Waals surface area (Å²) in [4.78, 5) is 0. The number of rotatable bonds is 5. The topological polar surface area (TPSA) is 81.2 Å². The molecule has 1 N–H and O–H groups in total. The fourth-order valence-electron chi connectivity index (χ4n) is 1.38. The van der Waals surface area contributed by atoms with Gasteiger partial charge in [-0.25, -0.2) is 0 Å². The van der Waals surface area contributed by atoms with Crippen molar-refractivity contribution in [1.29, 1.82) is 10.5 Å². The molecule has 0 saturated heterocycles. The van der Waals surface area contributed by atoms with Gasteiger partial charge in [-0.1, -0.05) is 11.6 Å². The SMILES string of the molecule is N#CC(C#N)=NNc1ccc(OCC2CC2)c(Cl)c1. The van der Waals surface area contributed by atoms with Crippen molar-refractivity contribution in [2.45, 2.75) is 12.8 Å². The van der Waals surface area contributed by atoms with Crippen molar-refractivity contribution in [2.24, 2.45) is 11.0 Å². The average molecular weight is 275 g/mol. The lowest BCUT2D eigenvalue weighted by molar-refractivity contribution is 0.300. The molecule has 0 spiro atoms. The summed E-state index contributed by atoms with van der Waals surface area (Å²) in [6.45, 7) is 0.692. The van der Waals surface area contributed by atoms with Crippen molar-refractivity contribution in [2.75, 3.05) is 12.0 Å². The van der Waals surface area contributed by atoms with Gasteiger partial charge in [-0.3, -0.25) is 5.43 Å². The van der Waals surface area contributed by atoms with Gasteiger partial charge < -0.3 is 4.74 Å². The summed E-state index contributed by atoms with van der Waals surface area (Å²) >= 11 is 6.07. The highest BCUT2D eigenvalue weighted by Crippen LogP contribution is 2.32. The number of anilines is 1. The molecule has 1 aliphatic carbocycles. The smallest absolute Gasteiger partial charge is 0.237 e. The number of nitrogens with zero attached hydrogens (tertiary/aromatic N) is 3. The van der Waals surface area contributed by atoms with Crippen LogP contribution < -0.4 is 10.2 Å². The highest BCUT2D eigenvalue weighted by Gasteiger charge is 2.22. The molecule has 0 aliphatic heterocycles. The Morgan fingerprint density at radius 3 is 2.74 bits per heavy atom. The van der Waals surface area contributed by atoms with Crippen molar-refractivity contribution in [3.8, 4) is 17.9 Å². The maximum absolute atomic E-state index is 8.54. The van der Waals surface area contributed by atoms with E-state index in [4.69, 9.17) is 26.9 Å². The van der Waals surface area contributed by atoms with Crippen LogP contribution in [0.4, 0.5) is 5.69 Å².